The minimum atomic E-state index is -0.0873. The van der Waals surface area contributed by atoms with Crippen LogP contribution < -0.4 is 0 Å². The molecular formula is C11H15ClN4O. The van der Waals surface area contributed by atoms with E-state index in [4.69, 9.17) is 11.6 Å². The zero-order chi connectivity index (χ0) is 12.3. The van der Waals surface area contributed by atoms with E-state index in [2.05, 4.69) is 21.8 Å². The lowest BCUT2D eigenvalue weighted by atomic mass is 10.3. The maximum absolute atomic E-state index is 12.1. The summed E-state index contributed by atoms with van der Waals surface area (Å²) in [5, 5.41) is 0.253. The molecule has 92 valence electrons. The van der Waals surface area contributed by atoms with Crippen molar-refractivity contribution in [1.82, 2.24) is 19.8 Å². The number of piperazine rings is 1. The topological polar surface area (TPSA) is 49.3 Å². The Morgan fingerprint density at radius 3 is 2.65 bits per heavy atom. The first-order valence-corrected chi connectivity index (χ1v) is 6.07. The first kappa shape index (κ1) is 12.3. The van der Waals surface area contributed by atoms with E-state index in [1.165, 1.54) is 12.4 Å². The minimum absolute atomic E-state index is 0.0873. The summed E-state index contributed by atoms with van der Waals surface area (Å²) < 4.78 is 0. The summed E-state index contributed by atoms with van der Waals surface area (Å²) in [6.07, 6.45) is 2.88. The van der Waals surface area contributed by atoms with Crippen molar-refractivity contribution in [2.75, 3.05) is 32.7 Å². The molecule has 1 aromatic heterocycles. The standard InChI is InChI=1S/C11H15ClN4O/c1-2-15-3-5-16(6-4-15)11(17)9-7-13-8-10(12)14-9/h7-8H,2-6H2,1H3. The first-order valence-electron chi connectivity index (χ1n) is 5.70. The Morgan fingerprint density at radius 1 is 1.35 bits per heavy atom. The Hall–Kier alpha value is -1.20. The molecule has 0 saturated carbocycles. The summed E-state index contributed by atoms with van der Waals surface area (Å²) in [7, 11) is 0. The first-order chi connectivity index (χ1) is 8.20. The van der Waals surface area contributed by atoms with Crippen LogP contribution in [0.25, 0.3) is 0 Å². The fraction of sp³-hybridized carbons (Fsp3) is 0.545. The molecule has 6 heteroatoms. The van der Waals surface area contributed by atoms with Gasteiger partial charge in [0, 0.05) is 26.2 Å². The van der Waals surface area contributed by atoms with E-state index >= 15 is 0 Å². The van der Waals surface area contributed by atoms with Gasteiger partial charge in [0.15, 0.2) is 0 Å². The molecule has 1 aliphatic heterocycles. The Morgan fingerprint density at radius 2 is 2.06 bits per heavy atom. The third-order valence-corrected chi connectivity index (χ3v) is 3.11. The fourth-order valence-corrected chi connectivity index (χ4v) is 2.02. The minimum Gasteiger partial charge on any atom is -0.335 e. The van der Waals surface area contributed by atoms with E-state index in [0.717, 1.165) is 32.7 Å². The molecule has 0 spiro atoms. The van der Waals surface area contributed by atoms with Crippen molar-refractivity contribution < 1.29 is 4.79 Å². The van der Waals surface area contributed by atoms with Crippen LogP contribution in [0, 0.1) is 0 Å². The van der Waals surface area contributed by atoms with Crippen LogP contribution in [0.2, 0.25) is 5.15 Å². The molecule has 2 rings (SSSR count). The SMILES string of the molecule is CCN1CCN(C(=O)c2cncc(Cl)n2)CC1. The number of likely N-dealkylation sites (N-methyl/N-ethyl adjacent to an activating group) is 1. The molecule has 1 amide bonds. The summed E-state index contributed by atoms with van der Waals surface area (Å²) in [5.41, 5.74) is 0.322. The predicted octanol–water partition coefficient (Wildman–Crippen LogP) is 0.908. The Kier molecular flexibility index (Phi) is 3.91. The molecule has 1 aromatic rings. The largest absolute Gasteiger partial charge is 0.335 e. The molecular weight excluding hydrogens is 240 g/mol. The number of halogens is 1. The van der Waals surface area contributed by atoms with Crippen LogP contribution in [0.4, 0.5) is 0 Å². The van der Waals surface area contributed by atoms with Crippen molar-refractivity contribution in [1.29, 1.82) is 0 Å². The lowest BCUT2D eigenvalue weighted by Crippen LogP contribution is -2.48. The molecule has 0 unspecified atom stereocenters. The number of rotatable bonds is 2. The molecule has 0 radical (unpaired) electrons. The normalized spacial score (nSPS) is 17.2. The molecule has 2 heterocycles. The molecule has 1 fully saturated rings. The van der Waals surface area contributed by atoms with Crippen LogP contribution in [-0.4, -0.2) is 58.4 Å². The van der Waals surface area contributed by atoms with Gasteiger partial charge in [-0.3, -0.25) is 9.78 Å². The number of amides is 1. The predicted molar refractivity (Wildman–Crippen MR) is 65.1 cm³/mol. The summed E-state index contributed by atoms with van der Waals surface area (Å²) in [6.45, 7) is 6.45. The monoisotopic (exact) mass is 254 g/mol. The number of carbonyl (C=O) groups is 1. The van der Waals surface area contributed by atoms with Gasteiger partial charge in [0.1, 0.15) is 10.8 Å². The summed E-state index contributed by atoms with van der Waals surface area (Å²) in [5.74, 6) is -0.0873. The highest BCUT2D eigenvalue weighted by molar-refractivity contribution is 6.29. The Bertz CT molecular complexity index is 404. The second-order valence-corrected chi connectivity index (χ2v) is 4.34. The zero-order valence-electron chi connectivity index (χ0n) is 9.77. The average Bonchev–Trinajstić information content (AvgIpc) is 2.38. The highest BCUT2D eigenvalue weighted by atomic mass is 35.5. The molecule has 0 aliphatic carbocycles. The van der Waals surface area contributed by atoms with Crippen LogP contribution in [-0.2, 0) is 0 Å². The van der Waals surface area contributed by atoms with Gasteiger partial charge < -0.3 is 9.80 Å². The number of hydrogen-bond donors (Lipinski definition) is 0. The van der Waals surface area contributed by atoms with Crippen molar-refractivity contribution in [3.8, 4) is 0 Å². The van der Waals surface area contributed by atoms with Crippen LogP contribution >= 0.6 is 11.6 Å². The molecule has 1 aliphatic rings. The summed E-state index contributed by atoms with van der Waals surface area (Å²) >= 11 is 5.72. The summed E-state index contributed by atoms with van der Waals surface area (Å²) in [6, 6.07) is 0. The maximum Gasteiger partial charge on any atom is 0.274 e. The van der Waals surface area contributed by atoms with E-state index in [1.54, 1.807) is 4.90 Å². The van der Waals surface area contributed by atoms with Crippen molar-refractivity contribution in [2.45, 2.75) is 6.92 Å². The molecule has 0 atom stereocenters. The highest BCUT2D eigenvalue weighted by Crippen LogP contribution is 2.08. The van der Waals surface area contributed by atoms with Crippen LogP contribution in [0.15, 0.2) is 12.4 Å². The van der Waals surface area contributed by atoms with E-state index in [0.29, 0.717) is 5.69 Å². The van der Waals surface area contributed by atoms with Gasteiger partial charge in [-0.2, -0.15) is 0 Å². The van der Waals surface area contributed by atoms with Crippen LogP contribution in [0.3, 0.4) is 0 Å². The van der Waals surface area contributed by atoms with Gasteiger partial charge in [-0.1, -0.05) is 18.5 Å². The lowest BCUT2D eigenvalue weighted by Gasteiger charge is -2.33. The smallest absolute Gasteiger partial charge is 0.274 e. The van der Waals surface area contributed by atoms with Crippen LogP contribution in [0.1, 0.15) is 17.4 Å². The number of carbonyl (C=O) groups excluding carboxylic acids is 1. The Balaban J connectivity index is 2.02. The van der Waals surface area contributed by atoms with Gasteiger partial charge in [-0.25, -0.2) is 4.98 Å². The van der Waals surface area contributed by atoms with E-state index < -0.39 is 0 Å². The summed E-state index contributed by atoms with van der Waals surface area (Å²) in [4.78, 5) is 24.1. The fourth-order valence-electron chi connectivity index (χ4n) is 1.87. The van der Waals surface area contributed by atoms with Crippen molar-refractivity contribution >= 4 is 17.5 Å². The molecule has 0 bridgehead atoms. The van der Waals surface area contributed by atoms with Crippen molar-refractivity contribution in [2.24, 2.45) is 0 Å². The van der Waals surface area contributed by atoms with Gasteiger partial charge in [0.25, 0.3) is 5.91 Å². The molecule has 5 nitrogen and oxygen atoms in total. The van der Waals surface area contributed by atoms with Crippen molar-refractivity contribution in [3.63, 3.8) is 0 Å². The molecule has 1 saturated heterocycles. The van der Waals surface area contributed by atoms with Crippen molar-refractivity contribution in [3.05, 3.63) is 23.2 Å². The molecule has 0 aromatic carbocycles. The van der Waals surface area contributed by atoms with E-state index in [1.807, 2.05) is 0 Å². The quantitative estimate of drug-likeness (QED) is 0.787. The van der Waals surface area contributed by atoms with Crippen LogP contribution in [0.5, 0.6) is 0 Å². The zero-order valence-corrected chi connectivity index (χ0v) is 10.5. The third kappa shape index (κ3) is 2.92. The van der Waals surface area contributed by atoms with Gasteiger partial charge in [-0.15, -0.1) is 0 Å². The molecule has 0 N–H and O–H groups in total. The third-order valence-electron chi connectivity index (χ3n) is 2.93. The Labute approximate surface area is 105 Å². The van der Waals surface area contributed by atoms with Gasteiger partial charge in [-0.05, 0) is 6.54 Å². The van der Waals surface area contributed by atoms with Gasteiger partial charge >= 0.3 is 0 Å². The second kappa shape index (κ2) is 5.42. The maximum atomic E-state index is 12.1. The lowest BCUT2D eigenvalue weighted by molar-refractivity contribution is 0.0637. The molecule has 17 heavy (non-hydrogen) atoms. The second-order valence-electron chi connectivity index (χ2n) is 3.95. The van der Waals surface area contributed by atoms with Gasteiger partial charge in [0.05, 0.1) is 12.4 Å². The van der Waals surface area contributed by atoms with Gasteiger partial charge in [0.2, 0.25) is 0 Å². The average molecular weight is 255 g/mol. The highest BCUT2D eigenvalue weighted by Gasteiger charge is 2.22. The van der Waals surface area contributed by atoms with E-state index in [-0.39, 0.29) is 11.1 Å². The number of aromatic nitrogens is 2. The number of nitrogens with zero attached hydrogens (tertiary/aromatic N) is 4. The number of hydrogen-bond acceptors (Lipinski definition) is 4. The van der Waals surface area contributed by atoms with E-state index in [9.17, 15) is 4.79 Å².